The monoisotopic (exact) mass is 215 g/mol. The molecule has 1 N–H and O–H groups in total. The molecule has 16 heavy (non-hydrogen) atoms. The maximum Gasteiger partial charge on any atom is 0.0659 e. The fourth-order valence-corrected chi connectivity index (χ4v) is 1.62. The second-order valence-electron chi connectivity index (χ2n) is 3.81. The van der Waals surface area contributed by atoms with Gasteiger partial charge in [0.2, 0.25) is 0 Å². The van der Waals surface area contributed by atoms with Crippen molar-refractivity contribution >= 4 is 0 Å². The molecule has 0 spiro atoms. The van der Waals surface area contributed by atoms with Crippen LogP contribution in [0.25, 0.3) is 0 Å². The summed E-state index contributed by atoms with van der Waals surface area (Å²) in [5, 5.41) is 7.63. The van der Waals surface area contributed by atoms with E-state index in [2.05, 4.69) is 47.8 Å². The first-order valence-corrected chi connectivity index (χ1v) is 5.64. The molecule has 0 aliphatic heterocycles. The van der Waals surface area contributed by atoms with Crippen molar-refractivity contribution < 1.29 is 0 Å². The van der Waals surface area contributed by atoms with Crippen molar-refractivity contribution in [1.29, 1.82) is 0 Å². The van der Waals surface area contributed by atoms with Crippen molar-refractivity contribution in [2.45, 2.75) is 20.0 Å². The Morgan fingerprint density at radius 3 is 2.75 bits per heavy atom. The number of aromatic nitrogens is 2. The highest BCUT2D eigenvalue weighted by molar-refractivity contribution is 5.15. The number of rotatable bonds is 5. The van der Waals surface area contributed by atoms with Crippen LogP contribution in [-0.2, 0) is 13.1 Å². The first-order valence-electron chi connectivity index (χ1n) is 5.64. The van der Waals surface area contributed by atoms with Crippen molar-refractivity contribution in [3.8, 4) is 0 Å². The average molecular weight is 215 g/mol. The van der Waals surface area contributed by atoms with Gasteiger partial charge in [0.25, 0.3) is 0 Å². The molecular weight excluding hydrogens is 198 g/mol. The van der Waals surface area contributed by atoms with Crippen LogP contribution in [0.3, 0.4) is 0 Å². The van der Waals surface area contributed by atoms with Gasteiger partial charge in [-0.1, -0.05) is 37.3 Å². The molecule has 84 valence electrons. The fraction of sp³-hybridized carbons (Fsp3) is 0.308. The van der Waals surface area contributed by atoms with Gasteiger partial charge >= 0.3 is 0 Å². The Morgan fingerprint density at radius 1 is 1.19 bits per heavy atom. The van der Waals surface area contributed by atoms with Gasteiger partial charge in [-0.3, -0.25) is 4.68 Å². The van der Waals surface area contributed by atoms with E-state index in [1.54, 1.807) is 0 Å². The van der Waals surface area contributed by atoms with Crippen LogP contribution < -0.4 is 5.32 Å². The summed E-state index contributed by atoms with van der Waals surface area (Å²) < 4.78 is 1.97. The molecule has 0 fully saturated rings. The van der Waals surface area contributed by atoms with Crippen LogP contribution in [0.4, 0.5) is 0 Å². The molecule has 3 nitrogen and oxygen atoms in total. The zero-order valence-electron chi connectivity index (χ0n) is 9.56. The Labute approximate surface area is 96.1 Å². The predicted octanol–water partition coefficient (Wildman–Crippen LogP) is 2.04. The fourth-order valence-electron chi connectivity index (χ4n) is 1.62. The topological polar surface area (TPSA) is 29.9 Å². The summed E-state index contributed by atoms with van der Waals surface area (Å²) in [6, 6.07) is 10.4. The van der Waals surface area contributed by atoms with E-state index in [9.17, 15) is 0 Å². The van der Waals surface area contributed by atoms with Crippen LogP contribution in [-0.4, -0.2) is 16.3 Å². The highest BCUT2D eigenvalue weighted by atomic mass is 15.3. The summed E-state index contributed by atoms with van der Waals surface area (Å²) in [5.74, 6) is 0. The van der Waals surface area contributed by atoms with Gasteiger partial charge in [0.1, 0.15) is 0 Å². The minimum absolute atomic E-state index is 0.840. The maximum absolute atomic E-state index is 4.34. The van der Waals surface area contributed by atoms with Gasteiger partial charge in [-0.15, -0.1) is 0 Å². The summed E-state index contributed by atoms with van der Waals surface area (Å²) in [5.41, 5.74) is 2.51. The number of nitrogens with one attached hydrogen (secondary N) is 1. The minimum atomic E-state index is 0.840. The first kappa shape index (κ1) is 10.9. The van der Waals surface area contributed by atoms with Gasteiger partial charge in [-0.2, -0.15) is 5.10 Å². The molecular formula is C13H17N3. The third kappa shape index (κ3) is 2.94. The molecule has 2 rings (SSSR count). The van der Waals surface area contributed by atoms with E-state index in [0.29, 0.717) is 0 Å². The molecule has 1 aromatic carbocycles. The van der Waals surface area contributed by atoms with E-state index in [-0.39, 0.29) is 0 Å². The van der Waals surface area contributed by atoms with Crippen LogP contribution >= 0.6 is 0 Å². The number of hydrogen-bond acceptors (Lipinski definition) is 2. The highest BCUT2D eigenvalue weighted by Crippen LogP contribution is 2.03. The normalized spacial score (nSPS) is 10.6. The lowest BCUT2D eigenvalue weighted by Gasteiger charge is -2.01. The quantitative estimate of drug-likeness (QED) is 0.827. The molecule has 3 heteroatoms. The van der Waals surface area contributed by atoms with Gasteiger partial charge in [0, 0.05) is 18.3 Å². The molecule has 2 aromatic rings. The summed E-state index contributed by atoms with van der Waals surface area (Å²) in [6.45, 7) is 4.83. The van der Waals surface area contributed by atoms with E-state index in [1.807, 2.05) is 16.9 Å². The van der Waals surface area contributed by atoms with E-state index in [0.717, 1.165) is 19.6 Å². The van der Waals surface area contributed by atoms with E-state index in [1.165, 1.54) is 11.1 Å². The number of benzene rings is 1. The third-order valence-electron chi connectivity index (χ3n) is 2.45. The Balaban J connectivity index is 1.97. The average Bonchev–Trinajstić information content (AvgIpc) is 2.75. The summed E-state index contributed by atoms with van der Waals surface area (Å²) in [4.78, 5) is 0. The van der Waals surface area contributed by atoms with Gasteiger partial charge in [0.05, 0.1) is 12.7 Å². The van der Waals surface area contributed by atoms with Gasteiger partial charge < -0.3 is 5.32 Å². The number of hydrogen-bond donors (Lipinski definition) is 1. The summed E-state index contributed by atoms with van der Waals surface area (Å²) in [7, 11) is 0. The first-order chi connectivity index (χ1) is 7.88. The molecule has 1 heterocycles. The van der Waals surface area contributed by atoms with Gasteiger partial charge in [-0.05, 0) is 12.1 Å². The molecule has 0 aliphatic rings. The summed E-state index contributed by atoms with van der Waals surface area (Å²) in [6.07, 6.45) is 4.02. The number of nitrogens with zero attached hydrogens (tertiary/aromatic N) is 2. The Hall–Kier alpha value is -1.61. The molecule has 0 radical (unpaired) electrons. The lowest BCUT2D eigenvalue weighted by molar-refractivity contribution is 0.683. The molecule has 0 aliphatic carbocycles. The Morgan fingerprint density at radius 2 is 2.00 bits per heavy atom. The second kappa shape index (κ2) is 5.47. The van der Waals surface area contributed by atoms with Crippen molar-refractivity contribution in [2.24, 2.45) is 0 Å². The maximum atomic E-state index is 4.34. The molecule has 0 unspecified atom stereocenters. The smallest absolute Gasteiger partial charge is 0.0659 e. The van der Waals surface area contributed by atoms with Gasteiger partial charge in [0.15, 0.2) is 0 Å². The minimum Gasteiger partial charge on any atom is -0.313 e. The molecule has 1 aromatic heterocycles. The SMILES string of the molecule is CCNCc1cnn(Cc2ccccc2)c1. The predicted molar refractivity (Wildman–Crippen MR) is 65.2 cm³/mol. The molecule has 0 saturated carbocycles. The standard InChI is InChI=1S/C13H17N3/c1-2-14-8-13-9-15-16(11-13)10-12-6-4-3-5-7-12/h3-7,9,11,14H,2,8,10H2,1H3. The van der Waals surface area contributed by atoms with E-state index in [4.69, 9.17) is 0 Å². The van der Waals surface area contributed by atoms with Crippen LogP contribution in [0.5, 0.6) is 0 Å². The Kier molecular flexibility index (Phi) is 3.72. The molecule has 0 amide bonds. The largest absolute Gasteiger partial charge is 0.313 e. The second-order valence-corrected chi connectivity index (χ2v) is 3.81. The van der Waals surface area contributed by atoms with Crippen molar-refractivity contribution in [3.05, 3.63) is 53.9 Å². The molecule has 0 atom stereocenters. The lowest BCUT2D eigenvalue weighted by Crippen LogP contribution is -2.11. The Bertz CT molecular complexity index is 420. The van der Waals surface area contributed by atoms with Gasteiger partial charge in [-0.25, -0.2) is 0 Å². The molecule has 0 bridgehead atoms. The zero-order chi connectivity index (χ0) is 11.2. The zero-order valence-corrected chi connectivity index (χ0v) is 9.56. The van der Waals surface area contributed by atoms with Crippen LogP contribution in [0.2, 0.25) is 0 Å². The molecule has 0 saturated heterocycles. The van der Waals surface area contributed by atoms with Crippen LogP contribution in [0, 0.1) is 0 Å². The summed E-state index contributed by atoms with van der Waals surface area (Å²) >= 11 is 0. The van der Waals surface area contributed by atoms with E-state index < -0.39 is 0 Å². The third-order valence-corrected chi connectivity index (χ3v) is 2.45. The van der Waals surface area contributed by atoms with Crippen molar-refractivity contribution in [1.82, 2.24) is 15.1 Å². The van der Waals surface area contributed by atoms with Crippen molar-refractivity contribution in [3.63, 3.8) is 0 Å². The highest BCUT2D eigenvalue weighted by Gasteiger charge is 1.98. The van der Waals surface area contributed by atoms with Crippen molar-refractivity contribution in [2.75, 3.05) is 6.54 Å². The van der Waals surface area contributed by atoms with Crippen LogP contribution in [0.15, 0.2) is 42.7 Å². The lowest BCUT2D eigenvalue weighted by atomic mass is 10.2. The van der Waals surface area contributed by atoms with Crippen LogP contribution in [0.1, 0.15) is 18.1 Å². The van der Waals surface area contributed by atoms with E-state index >= 15 is 0 Å².